The van der Waals surface area contributed by atoms with Crippen molar-refractivity contribution in [2.24, 2.45) is 0 Å². The molecule has 0 aliphatic rings. The number of halogens is 1. The topological polar surface area (TPSA) is 0 Å². The maximum absolute atomic E-state index is 6.45. The Morgan fingerprint density at radius 3 is 1.90 bits per heavy atom. The van der Waals surface area contributed by atoms with Crippen LogP contribution in [0.5, 0.6) is 0 Å². The van der Waals surface area contributed by atoms with Gasteiger partial charge in [-0.05, 0) is 25.3 Å². The van der Waals surface area contributed by atoms with Gasteiger partial charge in [-0.15, -0.1) is 11.6 Å². The largest absolute Gasteiger partial charge is 0.123 e. The molecule has 0 nitrogen and oxygen atoms in total. The summed E-state index contributed by atoms with van der Waals surface area (Å²) in [6, 6.07) is 8.77. The Morgan fingerprint density at radius 2 is 1.33 bits per heavy atom. The highest BCUT2D eigenvalue weighted by Gasteiger charge is 2.05. The summed E-state index contributed by atoms with van der Waals surface area (Å²) < 4.78 is 0. The normalized spacial score (nSPS) is 12.5. The maximum atomic E-state index is 6.45. The van der Waals surface area contributed by atoms with E-state index >= 15 is 0 Å². The van der Waals surface area contributed by atoms with Crippen molar-refractivity contribution in [3.05, 3.63) is 35.4 Å². The minimum atomic E-state index is 0.303. The van der Waals surface area contributed by atoms with Gasteiger partial charge in [-0.2, -0.15) is 0 Å². The quantitative estimate of drug-likeness (QED) is 0.286. The molecular formula is C20H33Cl. The van der Waals surface area contributed by atoms with E-state index in [-0.39, 0.29) is 0 Å². The van der Waals surface area contributed by atoms with Gasteiger partial charge in [0.2, 0.25) is 0 Å². The van der Waals surface area contributed by atoms with Crippen molar-refractivity contribution in [3.8, 4) is 0 Å². The van der Waals surface area contributed by atoms with Crippen LogP contribution in [0.2, 0.25) is 0 Å². The van der Waals surface area contributed by atoms with E-state index in [0.29, 0.717) is 5.38 Å². The van der Waals surface area contributed by atoms with Gasteiger partial charge in [0.05, 0.1) is 0 Å². The van der Waals surface area contributed by atoms with Gasteiger partial charge >= 0.3 is 0 Å². The summed E-state index contributed by atoms with van der Waals surface area (Å²) in [7, 11) is 0. The molecular weight excluding hydrogens is 276 g/mol. The van der Waals surface area contributed by atoms with E-state index in [1.54, 1.807) is 0 Å². The Hall–Kier alpha value is -0.490. The summed E-state index contributed by atoms with van der Waals surface area (Å²) in [5, 5.41) is 0.303. The molecule has 0 radical (unpaired) electrons. The highest BCUT2D eigenvalue weighted by atomic mass is 35.5. The Bertz CT molecular complexity index is 341. The van der Waals surface area contributed by atoms with Crippen molar-refractivity contribution in [2.75, 3.05) is 0 Å². The van der Waals surface area contributed by atoms with Gasteiger partial charge in [0.25, 0.3) is 0 Å². The molecule has 0 spiro atoms. The lowest BCUT2D eigenvalue weighted by molar-refractivity contribution is 0.551. The van der Waals surface area contributed by atoms with Crippen LogP contribution in [0.15, 0.2) is 24.3 Å². The van der Waals surface area contributed by atoms with Crippen LogP contribution in [0.4, 0.5) is 0 Å². The van der Waals surface area contributed by atoms with Gasteiger partial charge in [-0.1, -0.05) is 94.5 Å². The van der Waals surface area contributed by atoms with Crippen LogP contribution in [-0.4, -0.2) is 5.38 Å². The first-order valence-electron chi connectivity index (χ1n) is 8.92. The Kier molecular flexibility index (Phi) is 10.7. The third-order valence-corrected chi connectivity index (χ3v) is 4.57. The fraction of sp³-hybridized carbons (Fsp3) is 0.700. The molecule has 0 saturated heterocycles. The SMILES string of the molecule is CCCCCCCCCCCC(Cl)Cc1ccc(C)cc1. The van der Waals surface area contributed by atoms with Crippen LogP contribution >= 0.6 is 11.6 Å². The number of unbranched alkanes of at least 4 members (excludes halogenated alkanes) is 8. The number of hydrogen-bond donors (Lipinski definition) is 0. The third-order valence-electron chi connectivity index (χ3n) is 4.20. The number of benzene rings is 1. The number of rotatable bonds is 12. The van der Waals surface area contributed by atoms with E-state index in [9.17, 15) is 0 Å². The molecule has 1 rings (SSSR count). The monoisotopic (exact) mass is 308 g/mol. The minimum absolute atomic E-state index is 0.303. The summed E-state index contributed by atoms with van der Waals surface area (Å²) in [6.07, 6.45) is 14.6. The molecule has 1 heteroatoms. The average molecular weight is 309 g/mol. The van der Waals surface area contributed by atoms with Crippen LogP contribution in [0.25, 0.3) is 0 Å². The second-order valence-corrected chi connectivity index (χ2v) is 7.02. The van der Waals surface area contributed by atoms with E-state index in [4.69, 9.17) is 11.6 Å². The van der Waals surface area contributed by atoms with Crippen LogP contribution in [-0.2, 0) is 6.42 Å². The lowest BCUT2D eigenvalue weighted by atomic mass is 10.0. The second-order valence-electron chi connectivity index (χ2n) is 6.40. The smallest absolute Gasteiger partial charge is 0.0376 e. The van der Waals surface area contributed by atoms with Crippen molar-refractivity contribution >= 4 is 11.6 Å². The molecule has 1 aromatic rings. The van der Waals surface area contributed by atoms with E-state index < -0.39 is 0 Å². The van der Waals surface area contributed by atoms with Gasteiger partial charge in [0.15, 0.2) is 0 Å². The first-order chi connectivity index (χ1) is 10.2. The van der Waals surface area contributed by atoms with Gasteiger partial charge < -0.3 is 0 Å². The zero-order valence-electron chi connectivity index (χ0n) is 14.0. The summed E-state index contributed by atoms with van der Waals surface area (Å²) >= 11 is 6.45. The van der Waals surface area contributed by atoms with Crippen molar-refractivity contribution in [1.82, 2.24) is 0 Å². The minimum Gasteiger partial charge on any atom is -0.123 e. The molecule has 0 aliphatic heterocycles. The summed E-state index contributed by atoms with van der Waals surface area (Å²) in [5.41, 5.74) is 2.69. The van der Waals surface area contributed by atoms with Crippen LogP contribution in [0.1, 0.15) is 82.3 Å². The van der Waals surface area contributed by atoms with Crippen molar-refractivity contribution in [1.29, 1.82) is 0 Å². The highest BCUT2D eigenvalue weighted by Crippen LogP contribution is 2.17. The lowest BCUT2D eigenvalue weighted by Gasteiger charge is -2.09. The van der Waals surface area contributed by atoms with E-state index in [2.05, 4.69) is 38.1 Å². The summed E-state index contributed by atoms with van der Waals surface area (Å²) in [6.45, 7) is 4.41. The summed E-state index contributed by atoms with van der Waals surface area (Å²) in [4.78, 5) is 0. The van der Waals surface area contributed by atoms with Gasteiger partial charge in [-0.25, -0.2) is 0 Å². The summed E-state index contributed by atoms with van der Waals surface area (Å²) in [5.74, 6) is 0. The van der Waals surface area contributed by atoms with Crippen LogP contribution < -0.4 is 0 Å². The standard InChI is InChI=1S/C20H33Cl/c1-3-4-5-6-7-8-9-10-11-12-20(21)17-19-15-13-18(2)14-16-19/h13-16,20H,3-12,17H2,1-2H3. The fourth-order valence-corrected chi connectivity index (χ4v) is 3.09. The molecule has 1 unspecified atom stereocenters. The molecule has 1 aromatic carbocycles. The number of aryl methyl sites for hydroxylation is 1. The fourth-order valence-electron chi connectivity index (χ4n) is 2.76. The van der Waals surface area contributed by atoms with E-state index in [1.165, 1.54) is 68.9 Å². The molecule has 0 aliphatic carbocycles. The third kappa shape index (κ3) is 9.96. The van der Waals surface area contributed by atoms with E-state index in [0.717, 1.165) is 12.8 Å². The van der Waals surface area contributed by atoms with E-state index in [1.807, 2.05) is 0 Å². The van der Waals surface area contributed by atoms with Gasteiger partial charge in [0, 0.05) is 5.38 Å². The Balaban J connectivity index is 1.96. The molecule has 0 bridgehead atoms. The zero-order chi connectivity index (χ0) is 15.3. The number of alkyl halides is 1. The molecule has 0 heterocycles. The Labute approximate surface area is 137 Å². The van der Waals surface area contributed by atoms with Crippen molar-refractivity contribution in [2.45, 2.75) is 89.9 Å². The highest BCUT2D eigenvalue weighted by molar-refractivity contribution is 6.20. The van der Waals surface area contributed by atoms with Crippen LogP contribution in [0.3, 0.4) is 0 Å². The second kappa shape index (κ2) is 12.1. The molecule has 0 N–H and O–H groups in total. The Morgan fingerprint density at radius 1 is 0.810 bits per heavy atom. The predicted octanol–water partition coefficient (Wildman–Crippen LogP) is 7.07. The average Bonchev–Trinajstić information content (AvgIpc) is 2.48. The molecule has 120 valence electrons. The molecule has 0 saturated carbocycles. The molecule has 0 aromatic heterocycles. The molecule has 0 amide bonds. The maximum Gasteiger partial charge on any atom is 0.0376 e. The molecule has 0 fully saturated rings. The van der Waals surface area contributed by atoms with Crippen molar-refractivity contribution < 1.29 is 0 Å². The first kappa shape index (κ1) is 18.6. The predicted molar refractivity (Wildman–Crippen MR) is 96.4 cm³/mol. The lowest BCUT2D eigenvalue weighted by Crippen LogP contribution is -2.03. The molecule has 21 heavy (non-hydrogen) atoms. The molecule has 1 atom stereocenters. The first-order valence-corrected chi connectivity index (χ1v) is 9.35. The van der Waals surface area contributed by atoms with Gasteiger partial charge in [-0.3, -0.25) is 0 Å². The zero-order valence-corrected chi connectivity index (χ0v) is 14.8. The van der Waals surface area contributed by atoms with Crippen molar-refractivity contribution in [3.63, 3.8) is 0 Å². The number of hydrogen-bond acceptors (Lipinski definition) is 0. The van der Waals surface area contributed by atoms with Gasteiger partial charge in [0.1, 0.15) is 0 Å². The van der Waals surface area contributed by atoms with Crippen LogP contribution in [0, 0.1) is 6.92 Å².